The van der Waals surface area contributed by atoms with E-state index in [0.29, 0.717) is 17.8 Å². The summed E-state index contributed by atoms with van der Waals surface area (Å²) in [6.45, 7) is 4.86. The molecule has 0 bridgehead atoms. The largest absolute Gasteiger partial charge is 0.352 e. The summed E-state index contributed by atoms with van der Waals surface area (Å²) in [7, 11) is 0. The first-order valence-electron chi connectivity index (χ1n) is 10.2. The predicted molar refractivity (Wildman–Crippen MR) is 122 cm³/mol. The fourth-order valence-electron chi connectivity index (χ4n) is 3.28. The van der Waals surface area contributed by atoms with Crippen molar-refractivity contribution in [3.8, 4) is 0 Å². The Morgan fingerprint density at radius 2 is 1.83 bits per heavy atom. The number of rotatable bonds is 9. The van der Waals surface area contributed by atoms with Crippen LogP contribution in [0.5, 0.6) is 0 Å². The molecule has 0 fully saturated rings. The molecule has 1 atom stereocenters. The maximum absolute atomic E-state index is 12.6. The standard InChI is InChI=1S/C24H27N3O2S/c1-3-17-10-12-18(13-11-17)23(21-9-6-14-30-21)26-16-22(28)27-20-8-5-7-19(15-20)24(29)25-4-2/h5-15,23,26H,3-4,16H2,1-2H3,(H,25,29)(H,27,28)/p+1/t23-/m0/s1. The number of hydrogen-bond donors (Lipinski definition) is 3. The van der Waals surface area contributed by atoms with E-state index in [1.54, 1.807) is 35.6 Å². The van der Waals surface area contributed by atoms with Crippen LogP contribution < -0.4 is 16.0 Å². The van der Waals surface area contributed by atoms with Crippen LogP contribution in [0.3, 0.4) is 0 Å². The second-order valence-corrected chi connectivity index (χ2v) is 8.00. The molecular formula is C24H28N3O2S+. The first kappa shape index (κ1) is 21.7. The van der Waals surface area contributed by atoms with Gasteiger partial charge in [-0.1, -0.05) is 43.3 Å². The van der Waals surface area contributed by atoms with Crippen LogP contribution in [0, 0.1) is 0 Å². The molecule has 3 aromatic rings. The van der Waals surface area contributed by atoms with Crippen molar-refractivity contribution in [1.29, 1.82) is 0 Å². The van der Waals surface area contributed by atoms with Gasteiger partial charge in [-0.05, 0) is 48.6 Å². The lowest BCUT2D eigenvalue weighted by atomic mass is 10.0. The van der Waals surface area contributed by atoms with E-state index in [4.69, 9.17) is 0 Å². The Morgan fingerprint density at radius 3 is 2.50 bits per heavy atom. The monoisotopic (exact) mass is 422 g/mol. The van der Waals surface area contributed by atoms with Gasteiger partial charge in [0, 0.05) is 23.4 Å². The predicted octanol–water partition coefficient (Wildman–Crippen LogP) is 3.35. The number of benzene rings is 2. The molecule has 2 amide bonds. The Labute approximate surface area is 181 Å². The third-order valence-corrected chi connectivity index (χ3v) is 5.84. The lowest BCUT2D eigenvalue weighted by molar-refractivity contribution is -0.675. The van der Waals surface area contributed by atoms with Gasteiger partial charge in [0.05, 0.1) is 4.88 Å². The van der Waals surface area contributed by atoms with Crippen molar-refractivity contribution in [2.45, 2.75) is 26.3 Å². The zero-order chi connectivity index (χ0) is 21.3. The maximum atomic E-state index is 12.6. The fourth-order valence-corrected chi connectivity index (χ4v) is 4.13. The van der Waals surface area contributed by atoms with Crippen LogP contribution in [0.25, 0.3) is 0 Å². The Balaban J connectivity index is 1.66. The van der Waals surface area contributed by atoms with Gasteiger partial charge in [0.25, 0.3) is 11.8 Å². The molecule has 1 heterocycles. The van der Waals surface area contributed by atoms with Crippen LogP contribution in [0.1, 0.15) is 46.3 Å². The fraction of sp³-hybridized carbons (Fsp3) is 0.250. The molecular weight excluding hydrogens is 394 g/mol. The van der Waals surface area contributed by atoms with E-state index in [2.05, 4.69) is 58.6 Å². The normalized spacial score (nSPS) is 11.7. The first-order chi connectivity index (χ1) is 14.6. The highest BCUT2D eigenvalue weighted by molar-refractivity contribution is 7.10. The quantitative estimate of drug-likeness (QED) is 0.495. The summed E-state index contributed by atoms with van der Waals surface area (Å²) < 4.78 is 0. The van der Waals surface area contributed by atoms with E-state index in [1.165, 1.54) is 16.0 Å². The Hall–Kier alpha value is -2.96. The molecule has 0 spiro atoms. The number of quaternary nitrogens is 1. The summed E-state index contributed by atoms with van der Waals surface area (Å²) in [6, 6.07) is 19.8. The number of nitrogens with one attached hydrogen (secondary N) is 2. The van der Waals surface area contributed by atoms with Gasteiger partial charge < -0.3 is 16.0 Å². The number of aryl methyl sites for hydroxylation is 1. The van der Waals surface area contributed by atoms with Crippen LogP contribution in [-0.2, 0) is 11.2 Å². The maximum Gasteiger partial charge on any atom is 0.279 e. The number of carbonyl (C=O) groups is 2. The van der Waals surface area contributed by atoms with Gasteiger partial charge in [-0.2, -0.15) is 0 Å². The van der Waals surface area contributed by atoms with Crippen LogP contribution in [0.4, 0.5) is 5.69 Å². The molecule has 0 saturated carbocycles. The second-order valence-electron chi connectivity index (χ2n) is 7.02. The van der Waals surface area contributed by atoms with Crippen LogP contribution in [0.15, 0.2) is 66.0 Å². The molecule has 5 nitrogen and oxygen atoms in total. The molecule has 3 rings (SSSR count). The molecule has 156 valence electrons. The van der Waals surface area contributed by atoms with Gasteiger partial charge in [-0.15, -0.1) is 11.3 Å². The van der Waals surface area contributed by atoms with Crippen molar-refractivity contribution >= 4 is 28.8 Å². The molecule has 0 aliphatic heterocycles. The summed E-state index contributed by atoms with van der Waals surface area (Å²) in [4.78, 5) is 25.8. The molecule has 1 aromatic heterocycles. The van der Waals surface area contributed by atoms with Crippen molar-refractivity contribution in [3.63, 3.8) is 0 Å². The van der Waals surface area contributed by atoms with Crippen molar-refractivity contribution < 1.29 is 14.9 Å². The van der Waals surface area contributed by atoms with Gasteiger partial charge in [0.15, 0.2) is 6.54 Å². The van der Waals surface area contributed by atoms with Gasteiger partial charge in [-0.3, -0.25) is 9.59 Å². The number of anilines is 1. The Kier molecular flexibility index (Phi) is 7.76. The lowest BCUT2D eigenvalue weighted by Gasteiger charge is -2.15. The van der Waals surface area contributed by atoms with E-state index in [-0.39, 0.29) is 24.4 Å². The Bertz CT molecular complexity index is 968. The molecule has 0 radical (unpaired) electrons. The van der Waals surface area contributed by atoms with E-state index in [0.717, 1.165) is 6.42 Å². The first-order valence-corrected chi connectivity index (χ1v) is 11.1. The summed E-state index contributed by atoms with van der Waals surface area (Å²) in [5, 5.41) is 9.78. The minimum absolute atomic E-state index is 0.0725. The highest BCUT2D eigenvalue weighted by Gasteiger charge is 2.20. The average molecular weight is 423 g/mol. The third-order valence-electron chi connectivity index (χ3n) is 4.88. The number of nitrogens with two attached hydrogens (primary N) is 1. The molecule has 4 N–H and O–H groups in total. The number of hydrogen-bond acceptors (Lipinski definition) is 3. The summed E-state index contributed by atoms with van der Waals surface area (Å²) in [5.74, 6) is -0.247. The van der Waals surface area contributed by atoms with E-state index >= 15 is 0 Å². The molecule has 0 aliphatic rings. The molecule has 0 saturated heterocycles. The third kappa shape index (κ3) is 5.78. The van der Waals surface area contributed by atoms with E-state index in [1.807, 2.05) is 13.0 Å². The molecule has 6 heteroatoms. The summed E-state index contributed by atoms with van der Waals surface area (Å²) in [5.41, 5.74) is 3.64. The minimum atomic E-state index is -0.145. The zero-order valence-corrected chi connectivity index (χ0v) is 18.2. The second kappa shape index (κ2) is 10.7. The van der Waals surface area contributed by atoms with Crippen LogP contribution in [-0.4, -0.2) is 24.9 Å². The van der Waals surface area contributed by atoms with Gasteiger partial charge in [-0.25, -0.2) is 0 Å². The smallest absolute Gasteiger partial charge is 0.279 e. The van der Waals surface area contributed by atoms with Gasteiger partial charge >= 0.3 is 0 Å². The summed E-state index contributed by atoms with van der Waals surface area (Å²) in [6.07, 6.45) is 1.01. The highest BCUT2D eigenvalue weighted by Crippen LogP contribution is 2.23. The van der Waals surface area contributed by atoms with E-state index < -0.39 is 0 Å². The Morgan fingerprint density at radius 1 is 1.03 bits per heavy atom. The SMILES string of the molecule is CCNC(=O)c1cccc(NC(=O)C[NH2+][C@@H](c2ccc(CC)cc2)c2cccs2)c1. The number of thiophene rings is 1. The minimum Gasteiger partial charge on any atom is -0.352 e. The van der Waals surface area contributed by atoms with Crippen molar-refractivity contribution in [3.05, 3.63) is 87.6 Å². The van der Waals surface area contributed by atoms with Crippen LogP contribution in [0.2, 0.25) is 0 Å². The topological polar surface area (TPSA) is 74.8 Å². The molecule has 30 heavy (non-hydrogen) atoms. The average Bonchev–Trinajstić information content (AvgIpc) is 3.29. The number of amides is 2. The van der Waals surface area contributed by atoms with E-state index in [9.17, 15) is 9.59 Å². The van der Waals surface area contributed by atoms with Gasteiger partial charge in [0.1, 0.15) is 6.04 Å². The van der Waals surface area contributed by atoms with Crippen molar-refractivity contribution in [2.24, 2.45) is 0 Å². The number of carbonyl (C=O) groups excluding carboxylic acids is 2. The van der Waals surface area contributed by atoms with Gasteiger partial charge in [0.2, 0.25) is 0 Å². The van der Waals surface area contributed by atoms with Crippen molar-refractivity contribution in [1.82, 2.24) is 5.32 Å². The lowest BCUT2D eigenvalue weighted by Crippen LogP contribution is -2.87. The summed E-state index contributed by atoms with van der Waals surface area (Å²) >= 11 is 1.69. The molecule has 0 aliphatic carbocycles. The molecule has 0 unspecified atom stereocenters. The molecule has 2 aromatic carbocycles. The zero-order valence-electron chi connectivity index (χ0n) is 17.4. The van der Waals surface area contributed by atoms with Crippen LogP contribution >= 0.6 is 11.3 Å². The van der Waals surface area contributed by atoms with Crippen molar-refractivity contribution in [2.75, 3.05) is 18.4 Å². The highest BCUT2D eigenvalue weighted by atomic mass is 32.1.